The monoisotopic (exact) mass is 323 g/mol. The Morgan fingerprint density at radius 3 is 2.63 bits per heavy atom. The molecular weight excluding hydrogens is 310 g/mol. The number of ether oxygens (including phenoxy) is 1. The fourth-order valence-electron chi connectivity index (χ4n) is 1.82. The smallest absolute Gasteiger partial charge is 0.360 e. The van der Waals surface area contributed by atoms with Gasteiger partial charge in [-0.05, 0) is 38.1 Å². The maximum atomic E-state index is 11.7. The highest BCUT2D eigenvalue weighted by atomic mass is 79.9. The second kappa shape index (κ2) is 5.44. The highest BCUT2D eigenvalue weighted by Gasteiger charge is 2.20. The van der Waals surface area contributed by atoms with Crippen molar-refractivity contribution in [3.05, 3.63) is 40.3 Å². The van der Waals surface area contributed by atoms with Gasteiger partial charge >= 0.3 is 5.97 Å². The van der Waals surface area contributed by atoms with Gasteiger partial charge in [0.25, 0.3) is 0 Å². The van der Waals surface area contributed by atoms with Crippen LogP contribution in [0.5, 0.6) is 0 Å². The topological polar surface area (TPSA) is 70.1 Å². The number of benzene rings is 1. The number of rotatable bonds is 3. The number of nitrogens with two attached hydrogens (primary N) is 1. The first kappa shape index (κ1) is 13.6. The van der Waals surface area contributed by atoms with E-state index in [-0.39, 0.29) is 5.69 Å². The molecule has 0 spiro atoms. The van der Waals surface area contributed by atoms with Crippen LogP contribution in [0.25, 0.3) is 5.69 Å². The van der Waals surface area contributed by atoms with Crippen molar-refractivity contribution in [2.24, 2.45) is 0 Å². The van der Waals surface area contributed by atoms with E-state index in [0.717, 1.165) is 10.2 Å². The number of aryl methyl sites for hydroxylation is 1. The van der Waals surface area contributed by atoms with Crippen LogP contribution in [0.1, 0.15) is 23.2 Å². The summed E-state index contributed by atoms with van der Waals surface area (Å²) < 4.78 is 7.62. The summed E-state index contributed by atoms with van der Waals surface area (Å²) >= 11 is 3.37. The number of anilines is 1. The number of esters is 1. The van der Waals surface area contributed by atoms with Crippen molar-refractivity contribution in [2.45, 2.75) is 13.8 Å². The first-order chi connectivity index (χ1) is 9.04. The third-order valence-electron chi connectivity index (χ3n) is 2.63. The third kappa shape index (κ3) is 2.63. The lowest BCUT2D eigenvalue weighted by Gasteiger charge is -2.07. The lowest BCUT2D eigenvalue weighted by molar-refractivity contribution is 0.0521. The zero-order chi connectivity index (χ0) is 14.0. The number of hydrogen-bond acceptors (Lipinski definition) is 4. The van der Waals surface area contributed by atoms with Gasteiger partial charge in [-0.25, -0.2) is 9.78 Å². The van der Waals surface area contributed by atoms with E-state index in [1.54, 1.807) is 18.4 Å². The van der Waals surface area contributed by atoms with E-state index < -0.39 is 5.97 Å². The maximum absolute atomic E-state index is 11.7. The highest BCUT2D eigenvalue weighted by Crippen LogP contribution is 2.22. The van der Waals surface area contributed by atoms with Crippen LogP contribution in [-0.2, 0) is 4.74 Å². The molecule has 5 nitrogen and oxygen atoms in total. The van der Waals surface area contributed by atoms with Crippen molar-refractivity contribution < 1.29 is 9.53 Å². The predicted molar refractivity (Wildman–Crippen MR) is 76.4 cm³/mol. The molecule has 1 aromatic carbocycles. The summed E-state index contributed by atoms with van der Waals surface area (Å²) in [5, 5.41) is 0. The molecule has 100 valence electrons. The van der Waals surface area contributed by atoms with Crippen LogP contribution >= 0.6 is 15.9 Å². The van der Waals surface area contributed by atoms with E-state index in [1.165, 1.54) is 0 Å². The number of nitrogen functional groups attached to an aromatic ring is 1. The minimum absolute atomic E-state index is 0.155. The van der Waals surface area contributed by atoms with Gasteiger partial charge in [0.2, 0.25) is 0 Å². The molecule has 2 rings (SSSR count). The fourth-order valence-corrected chi connectivity index (χ4v) is 2.08. The zero-order valence-corrected chi connectivity index (χ0v) is 12.3. The minimum atomic E-state index is -0.501. The molecule has 0 fully saturated rings. The average molecular weight is 324 g/mol. The molecule has 0 aliphatic rings. The van der Waals surface area contributed by atoms with Gasteiger partial charge in [0.05, 0.1) is 6.61 Å². The second-order valence-electron chi connectivity index (χ2n) is 3.93. The summed E-state index contributed by atoms with van der Waals surface area (Å²) in [7, 11) is 0. The SMILES string of the molecule is CCOC(=O)c1nc(C)n(-c2ccc(Br)cc2)c1N. The molecule has 0 unspecified atom stereocenters. The summed E-state index contributed by atoms with van der Waals surface area (Å²) in [6, 6.07) is 7.59. The summed E-state index contributed by atoms with van der Waals surface area (Å²) in [4.78, 5) is 15.9. The van der Waals surface area contributed by atoms with E-state index in [4.69, 9.17) is 10.5 Å². The van der Waals surface area contributed by atoms with Crippen molar-refractivity contribution in [3.63, 3.8) is 0 Å². The van der Waals surface area contributed by atoms with Gasteiger partial charge < -0.3 is 10.5 Å². The Kier molecular flexibility index (Phi) is 3.90. The molecule has 6 heteroatoms. The van der Waals surface area contributed by atoms with Gasteiger partial charge in [-0.2, -0.15) is 0 Å². The number of carbonyl (C=O) groups excluding carboxylic acids is 1. The van der Waals surface area contributed by atoms with Crippen molar-refractivity contribution in [1.82, 2.24) is 9.55 Å². The van der Waals surface area contributed by atoms with Crippen LogP contribution in [-0.4, -0.2) is 22.1 Å². The van der Waals surface area contributed by atoms with E-state index in [9.17, 15) is 4.79 Å². The van der Waals surface area contributed by atoms with Gasteiger partial charge in [-0.15, -0.1) is 0 Å². The molecule has 19 heavy (non-hydrogen) atoms. The number of aromatic nitrogens is 2. The molecule has 0 amide bonds. The van der Waals surface area contributed by atoms with Gasteiger partial charge in [-0.3, -0.25) is 4.57 Å². The second-order valence-corrected chi connectivity index (χ2v) is 4.84. The van der Waals surface area contributed by atoms with Crippen molar-refractivity contribution in [3.8, 4) is 5.69 Å². The maximum Gasteiger partial charge on any atom is 0.360 e. The highest BCUT2D eigenvalue weighted by molar-refractivity contribution is 9.10. The van der Waals surface area contributed by atoms with E-state index in [1.807, 2.05) is 24.3 Å². The quantitative estimate of drug-likeness (QED) is 0.881. The molecule has 1 heterocycles. The van der Waals surface area contributed by atoms with Gasteiger partial charge in [0.15, 0.2) is 5.69 Å². The molecular formula is C13H14BrN3O2. The standard InChI is InChI=1S/C13H14BrN3O2/c1-3-19-13(18)11-12(15)17(8(2)16-11)10-6-4-9(14)5-7-10/h4-7H,3,15H2,1-2H3. The first-order valence-electron chi connectivity index (χ1n) is 5.82. The normalized spacial score (nSPS) is 10.5. The Morgan fingerprint density at radius 1 is 1.42 bits per heavy atom. The Morgan fingerprint density at radius 2 is 2.05 bits per heavy atom. The van der Waals surface area contributed by atoms with Crippen LogP contribution in [0.15, 0.2) is 28.7 Å². The number of nitrogens with zero attached hydrogens (tertiary/aromatic N) is 2. The van der Waals surface area contributed by atoms with Crippen LogP contribution in [0.3, 0.4) is 0 Å². The summed E-state index contributed by atoms with van der Waals surface area (Å²) in [6.45, 7) is 3.83. The summed E-state index contributed by atoms with van der Waals surface area (Å²) in [6.07, 6.45) is 0. The zero-order valence-electron chi connectivity index (χ0n) is 10.7. The molecule has 0 aliphatic carbocycles. The van der Waals surface area contributed by atoms with Gasteiger partial charge in [0, 0.05) is 10.2 Å². The van der Waals surface area contributed by atoms with Crippen LogP contribution in [0.4, 0.5) is 5.82 Å². The van der Waals surface area contributed by atoms with Crippen LogP contribution < -0.4 is 5.73 Å². The molecule has 2 aromatic rings. The molecule has 0 atom stereocenters. The summed E-state index contributed by atoms with van der Waals surface area (Å²) in [5.74, 6) is 0.431. The van der Waals surface area contributed by atoms with Crippen molar-refractivity contribution >= 4 is 27.7 Å². The molecule has 0 saturated carbocycles. The molecule has 0 bridgehead atoms. The van der Waals surface area contributed by atoms with Crippen LogP contribution in [0, 0.1) is 6.92 Å². The Labute approximate surface area is 119 Å². The number of halogens is 1. The average Bonchev–Trinajstić information content (AvgIpc) is 2.67. The van der Waals surface area contributed by atoms with E-state index in [0.29, 0.717) is 18.2 Å². The third-order valence-corrected chi connectivity index (χ3v) is 3.16. The lowest BCUT2D eigenvalue weighted by Crippen LogP contribution is -2.09. The molecule has 2 N–H and O–H groups in total. The van der Waals surface area contributed by atoms with Crippen LogP contribution in [0.2, 0.25) is 0 Å². The molecule has 0 aliphatic heterocycles. The molecule has 0 radical (unpaired) electrons. The Hall–Kier alpha value is -1.82. The number of hydrogen-bond donors (Lipinski definition) is 1. The lowest BCUT2D eigenvalue weighted by atomic mass is 10.3. The van der Waals surface area contributed by atoms with Gasteiger partial charge in [0.1, 0.15) is 11.6 Å². The minimum Gasteiger partial charge on any atom is -0.461 e. The van der Waals surface area contributed by atoms with Crippen molar-refractivity contribution in [1.29, 1.82) is 0 Å². The number of imidazole rings is 1. The van der Waals surface area contributed by atoms with Crippen molar-refractivity contribution in [2.75, 3.05) is 12.3 Å². The summed E-state index contributed by atoms with van der Waals surface area (Å²) in [5.41, 5.74) is 7.00. The largest absolute Gasteiger partial charge is 0.461 e. The molecule has 1 aromatic heterocycles. The van der Waals surface area contributed by atoms with E-state index in [2.05, 4.69) is 20.9 Å². The Bertz CT molecular complexity index is 605. The first-order valence-corrected chi connectivity index (χ1v) is 6.61. The molecule has 0 saturated heterocycles. The predicted octanol–water partition coefficient (Wildman–Crippen LogP) is 2.70. The van der Waals surface area contributed by atoms with E-state index >= 15 is 0 Å². The Balaban J connectivity index is 2.47. The number of carbonyl (C=O) groups is 1. The van der Waals surface area contributed by atoms with Gasteiger partial charge in [-0.1, -0.05) is 15.9 Å². The fraction of sp³-hybridized carbons (Fsp3) is 0.231.